The van der Waals surface area contributed by atoms with Crippen LogP contribution in [0.2, 0.25) is 0 Å². The summed E-state index contributed by atoms with van der Waals surface area (Å²) in [5, 5.41) is 10.3. The lowest BCUT2D eigenvalue weighted by molar-refractivity contribution is 0.0893. The van der Waals surface area contributed by atoms with E-state index in [1.807, 2.05) is 0 Å². The smallest absolute Gasteiger partial charge is 0.322 e. The minimum atomic E-state index is -3.59. The van der Waals surface area contributed by atoms with Gasteiger partial charge in [0.25, 0.3) is 5.91 Å². The molecule has 2 fully saturated rings. The first-order chi connectivity index (χ1) is 14.3. The van der Waals surface area contributed by atoms with E-state index in [-0.39, 0.29) is 17.0 Å². The van der Waals surface area contributed by atoms with E-state index in [1.165, 1.54) is 28.6 Å². The van der Waals surface area contributed by atoms with Crippen LogP contribution in [0.4, 0.5) is 6.01 Å². The Hall–Kier alpha value is -2.30. The Labute approximate surface area is 175 Å². The second-order valence-electron chi connectivity index (χ2n) is 8.19. The molecule has 4 rings (SSSR count). The molecule has 30 heavy (non-hydrogen) atoms. The topological polar surface area (TPSA) is 115 Å². The van der Waals surface area contributed by atoms with Crippen molar-refractivity contribution in [2.75, 3.05) is 25.0 Å². The number of carbonyl (C=O) groups excluding carboxylic acids is 1. The van der Waals surface area contributed by atoms with E-state index in [4.69, 9.17) is 9.15 Å². The maximum absolute atomic E-state index is 13.0. The van der Waals surface area contributed by atoms with Gasteiger partial charge >= 0.3 is 6.01 Å². The number of aromatic nitrogens is 2. The van der Waals surface area contributed by atoms with Gasteiger partial charge in [-0.05, 0) is 55.4 Å². The van der Waals surface area contributed by atoms with Crippen LogP contribution >= 0.6 is 0 Å². The van der Waals surface area contributed by atoms with Crippen LogP contribution in [-0.4, -0.2) is 48.5 Å². The molecule has 2 saturated heterocycles. The van der Waals surface area contributed by atoms with E-state index in [2.05, 4.69) is 29.4 Å². The van der Waals surface area contributed by atoms with E-state index < -0.39 is 15.9 Å². The number of carbonyl (C=O) groups is 1. The monoisotopic (exact) mass is 434 g/mol. The van der Waals surface area contributed by atoms with Gasteiger partial charge in [-0.25, -0.2) is 8.42 Å². The molecule has 1 aromatic heterocycles. The summed E-state index contributed by atoms with van der Waals surface area (Å²) in [5.41, 5.74) is 0.297. The zero-order valence-electron chi connectivity index (χ0n) is 17.1. The molecule has 2 aromatic rings. The number of anilines is 1. The highest BCUT2D eigenvalue weighted by Gasteiger charge is 2.31. The fraction of sp³-hybridized carbons (Fsp3) is 0.550. The van der Waals surface area contributed by atoms with Gasteiger partial charge in [-0.2, -0.15) is 4.31 Å². The van der Waals surface area contributed by atoms with Crippen molar-refractivity contribution in [2.24, 2.45) is 11.8 Å². The number of rotatable bonds is 5. The molecule has 0 aliphatic carbocycles. The van der Waals surface area contributed by atoms with Crippen LogP contribution in [0.5, 0.6) is 0 Å². The summed E-state index contributed by atoms with van der Waals surface area (Å²) in [7, 11) is -3.59. The van der Waals surface area contributed by atoms with Crippen molar-refractivity contribution in [2.45, 2.75) is 44.1 Å². The first-order valence-electron chi connectivity index (χ1n) is 10.2. The highest BCUT2D eigenvalue weighted by atomic mass is 32.2. The molecule has 0 saturated carbocycles. The molecular weight excluding hydrogens is 408 g/mol. The van der Waals surface area contributed by atoms with Crippen LogP contribution in [0.3, 0.4) is 0 Å². The van der Waals surface area contributed by atoms with Crippen LogP contribution < -0.4 is 5.32 Å². The Morgan fingerprint density at radius 2 is 1.83 bits per heavy atom. The minimum absolute atomic E-state index is 0.0153. The Morgan fingerprint density at radius 1 is 1.13 bits per heavy atom. The first-order valence-corrected chi connectivity index (χ1v) is 11.6. The molecule has 162 valence electrons. The average Bonchev–Trinajstić information content (AvgIpc) is 3.39. The molecule has 1 N–H and O–H groups in total. The van der Waals surface area contributed by atoms with Crippen molar-refractivity contribution in [1.82, 2.24) is 14.5 Å². The van der Waals surface area contributed by atoms with Crippen LogP contribution in [0.1, 0.15) is 55.5 Å². The van der Waals surface area contributed by atoms with Gasteiger partial charge < -0.3 is 9.15 Å². The quantitative estimate of drug-likeness (QED) is 0.769. The van der Waals surface area contributed by atoms with Gasteiger partial charge in [0.1, 0.15) is 6.10 Å². The molecule has 2 aliphatic heterocycles. The average molecular weight is 435 g/mol. The van der Waals surface area contributed by atoms with Crippen molar-refractivity contribution in [1.29, 1.82) is 0 Å². The van der Waals surface area contributed by atoms with E-state index >= 15 is 0 Å². The van der Waals surface area contributed by atoms with E-state index in [0.717, 1.165) is 19.3 Å². The Bertz CT molecular complexity index is 988. The van der Waals surface area contributed by atoms with Crippen LogP contribution in [0, 0.1) is 11.8 Å². The molecule has 0 radical (unpaired) electrons. The van der Waals surface area contributed by atoms with Gasteiger partial charge in [-0.15, -0.1) is 5.10 Å². The molecular formula is C20H26N4O5S. The molecule has 1 amide bonds. The number of amides is 1. The predicted molar refractivity (Wildman–Crippen MR) is 108 cm³/mol. The molecule has 3 atom stereocenters. The number of hydrogen-bond donors (Lipinski definition) is 1. The lowest BCUT2D eigenvalue weighted by atomic mass is 9.94. The van der Waals surface area contributed by atoms with E-state index in [0.29, 0.717) is 43.0 Å². The first kappa shape index (κ1) is 21.0. The summed E-state index contributed by atoms with van der Waals surface area (Å²) < 4.78 is 38.4. The van der Waals surface area contributed by atoms with Crippen LogP contribution in [0.15, 0.2) is 33.6 Å². The van der Waals surface area contributed by atoms with Crippen molar-refractivity contribution in [3.05, 3.63) is 35.7 Å². The van der Waals surface area contributed by atoms with Crippen LogP contribution in [0.25, 0.3) is 0 Å². The van der Waals surface area contributed by atoms with Gasteiger partial charge in [0.05, 0.1) is 4.90 Å². The zero-order valence-corrected chi connectivity index (χ0v) is 17.9. The fourth-order valence-corrected chi connectivity index (χ4v) is 5.77. The van der Waals surface area contributed by atoms with Crippen molar-refractivity contribution in [3.8, 4) is 0 Å². The third-order valence-corrected chi connectivity index (χ3v) is 7.30. The largest absolute Gasteiger partial charge is 0.405 e. The standard InChI is InChI=1S/C20H26N4O5S/c1-13-10-14(2)12-24(11-13)30(26,27)16-7-5-15(6-8-16)18(25)21-20-23-22-19(29-20)17-4-3-9-28-17/h5-8,13-14,17H,3-4,9-12H2,1-2H3,(H,21,23,25)/t13-,14+,17?. The second kappa shape index (κ2) is 8.44. The third-order valence-electron chi connectivity index (χ3n) is 5.46. The van der Waals surface area contributed by atoms with E-state index in [9.17, 15) is 13.2 Å². The molecule has 1 unspecified atom stereocenters. The summed E-state index contributed by atoms with van der Waals surface area (Å²) in [6, 6.07) is 5.87. The normalized spacial score (nSPS) is 25.3. The van der Waals surface area contributed by atoms with Gasteiger partial charge in [-0.3, -0.25) is 10.1 Å². The molecule has 10 heteroatoms. The molecule has 9 nitrogen and oxygen atoms in total. The Balaban J connectivity index is 1.43. The van der Waals surface area contributed by atoms with Gasteiger partial charge in [-0.1, -0.05) is 18.9 Å². The summed E-state index contributed by atoms with van der Waals surface area (Å²) >= 11 is 0. The zero-order chi connectivity index (χ0) is 21.3. The van der Waals surface area contributed by atoms with Gasteiger partial charge in [0.15, 0.2) is 0 Å². The molecule has 2 aliphatic rings. The number of hydrogen-bond acceptors (Lipinski definition) is 7. The number of nitrogens with zero attached hydrogens (tertiary/aromatic N) is 3. The number of piperidine rings is 1. The SMILES string of the molecule is C[C@@H]1C[C@H](C)CN(S(=O)(=O)c2ccc(C(=O)Nc3nnc(C4CCCO4)o3)cc2)C1. The van der Waals surface area contributed by atoms with Crippen molar-refractivity contribution >= 4 is 21.9 Å². The van der Waals surface area contributed by atoms with Gasteiger partial charge in [0.2, 0.25) is 15.9 Å². The Morgan fingerprint density at radius 3 is 2.47 bits per heavy atom. The highest BCUT2D eigenvalue weighted by molar-refractivity contribution is 7.89. The maximum Gasteiger partial charge on any atom is 0.322 e. The van der Waals surface area contributed by atoms with Crippen molar-refractivity contribution in [3.63, 3.8) is 0 Å². The van der Waals surface area contributed by atoms with E-state index in [1.54, 1.807) is 0 Å². The summed E-state index contributed by atoms with van der Waals surface area (Å²) in [5.74, 6) is 0.529. The Kier molecular flexibility index (Phi) is 5.90. The minimum Gasteiger partial charge on any atom is -0.405 e. The third kappa shape index (κ3) is 4.40. The predicted octanol–water partition coefficient (Wildman–Crippen LogP) is 2.84. The van der Waals surface area contributed by atoms with Crippen molar-refractivity contribution < 1.29 is 22.4 Å². The number of ether oxygens (including phenoxy) is 1. The summed E-state index contributed by atoms with van der Waals surface area (Å²) in [6.45, 7) is 5.80. The molecule has 0 bridgehead atoms. The lowest BCUT2D eigenvalue weighted by Crippen LogP contribution is -2.42. The second-order valence-corrected chi connectivity index (χ2v) is 10.1. The maximum atomic E-state index is 13.0. The molecule has 3 heterocycles. The number of nitrogens with one attached hydrogen (secondary N) is 1. The van der Waals surface area contributed by atoms with Crippen LogP contribution in [-0.2, 0) is 14.8 Å². The van der Waals surface area contributed by atoms with Gasteiger partial charge in [0, 0.05) is 25.3 Å². The number of sulfonamides is 1. The molecule has 0 spiro atoms. The number of benzene rings is 1. The fourth-order valence-electron chi connectivity index (χ4n) is 4.09. The lowest BCUT2D eigenvalue weighted by Gasteiger charge is -2.34. The summed E-state index contributed by atoms with van der Waals surface area (Å²) in [6.07, 6.45) is 2.53. The highest BCUT2D eigenvalue weighted by Crippen LogP contribution is 2.29. The summed E-state index contributed by atoms with van der Waals surface area (Å²) in [4.78, 5) is 12.6. The molecule has 1 aromatic carbocycles.